The number of hydrogen-bond acceptors (Lipinski definition) is 5. The first-order valence-electron chi connectivity index (χ1n) is 7.49. The average molecular weight is 339 g/mol. The molecule has 128 valence electrons. The Kier molecular flexibility index (Phi) is 4.40. The number of amides is 1. The minimum Gasteiger partial charge on any atom is -0.497 e. The van der Waals surface area contributed by atoms with Gasteiger partial charge in [0, 0.05) is 17.7 Å². The molecule has 0 spiro atoms. The molecule has 0 aliphatic rings. The van der Waals surface area contributed by atoms with Crippen molar-refractivity contribution in [1.29, 1.82) is 0 Å². The molecule has 0 bridgehead atoms. The van der Waals surface area contributed by atoms with Gasteiger partial charge in [0.1, 0.15) is 17.2 Å². The van der Waals surface area contributed by atoms with Gasteiger partial charge in [-0.25, -0.2) is 5.84 Å². The molecule has 0 saturated carbocycles. The zero-order chi connectivity index (χ0) is 18.0. The smallest absolute Gasteiger partial charge is 0.282 e. The molecule has 1 heterocycles. The summed E-state index contributed by atoms with van der Waals surface area (Å²) in [6.45, 7) is 0. The van der Waals surface area contributed by atoms with Crippen LogP contribution in [0.5, 0.6) is 11.5 Å². The Balaban J connectivity index is 2.34. The van der Waals surface area contributed by atoms with Crippen LogP contribution < -0.4 is 20.7 Å². The number of H-pyrrole nitrogens is 1. The van der Waals surface area contributed by atoms with E-state index in [1.165, 1.54) is 14.2 Å². The number of aromatic nitrogens is 1. The summed E-state index contributed by atoms with van der Waals surface area (Å²) in [6, 6.07) is 12.0. The Morgan fingerprint density at radius 2 is 1.80 bits per heavy atom. The van der Waals surface area contributed by atoms with Crippen molar-refractivity contribution in [2.24, 2.45) is 5.84 Å². The van der Waals surface area contributed by atoms with Crippen molar-refractivity contribution in [3.8, 4) is 11.5 Å². The Morgan fingerprint density at radius 1 is 1.08 bits per heavy atom. The van der Waals surface area contributed by atoms with Gasteiger partial charge >= 0.3 is 0 Å². The van der Waals surface area contributed by atoms with Gasteiger partial charge in [-0.2, -0.15) is 0 Å². The predicted octanol–water partition coefficient (Wildman–Crippen LogP) is 2.02. The highest BCUT2D eigenvalue weighted by Gasteiger charge is 2.26. The van der Waals surface area contributed by atoms with Crippen LogP contribution in [-0.2, 0) is 0 Å². The molecule has 3 aromatic rings. The second kappa shape index (κ2) is 6.66. The molecule has 0 radical (unpaired) electrons. The van der Waals surface area contributed by atoms with E-state index in [-0.39, 0.29) is 17.0 Å². The lowest BCUT2D eigenvalue weighted by Crippen LogP contribution is -2.31. The third-order valence-electron chi connectivity index (χ3n) is 3.91. The number of aromatic amines is 1. The maximum Gasteiger partial charge on any atom is 0.282 e. The van der Waals surface area contributed by atoms with E-state index in [2.05, 4.69) is 10.4 Å². The highest BCUT2D eigenvalue weighted by Crippen LogP contribution is 2.36. The largest absolute Gasteiger partial charge is 0.497 e. The fourth-order valence-electron chi connectivity index (χ4n) is 2.75. The molecule has 0 saturated heterocycles. The van der Waals surface area contributed by atoms with E-state index in [1.54, 1.807) is 36.4 Å². The number of nitrogens with two attached hydrogens (primary N) is 1. The maximum atomic E-state index is 13.1. The summed E-state index contributed by atoms with van der Waals surface area (Å²) in [5.74, 6) is 5.31. The molecule has 0 aliphatic carbocycles. The number of hydrogen-bond donors (Lipinski definition) is 3. The highest BCUT2D eigenvalue weighted by atomic mass is 16.5. The molecule has 0 aliphatic heterocycles. The van der Waals surface area contributed by atoms with E-state index in [0.717, 1.165) is 0 Å². The summed E-state index contributed by atoms with van der Waals surface area (Å²) >= 11 is 0. The van der Waals surface area contributed by atoms with Crippen molar-refractivity contribution >= 4 is 22.6 Å². The summed E-state index contributed by atoms with van der Waals surface area (Å²) < 4.78 is 10.6. The van der Waals surface area contributed by atoms with Crippen LogP contribution in [0.1, 0.15) is 26.4 Å². The maximum absolute atomic E-state index is 13.1. The van der Waals surface area contributed by atoms with Crippen molar-refractivity contribution < 1.29 is 19.1 Å². The molecule has 0 unspecified atom stereocenters. The Hall–Kier alpha value is -3.32. The Labute approximate surface area is 143 Å². The van der Waals surface area contributed by atoms with E-state index in [0.29, 0.717) is 28.0 Å². The first-order chi connectivity index (χ1) is 12.1. The van der Waals surface area contributed by atoms with Crippen LogP contribution in [0.15, 0.2) is 42.5 Å². The highest BCUT2D eigenvalue weighted by molar-refractivity contribution is 6.23. The monoisotopic (exact) mass is 339 g/mol. The van der Waals surface area contributed by atoms with Crippen LogP contribution in [0.3, 0.4) is 0 Å². The molecule has 1 aromatic heterocycles. The van der Waals surface area contributed by atoms with Gasteiger partial charge in [-0.15, -0.1) is 0 Å². The zero-order valence-electron chi connectivity index (χ0n) is 13.8. The number of ketones is 1. The van der Waals surface area contributed by atoms with Gasteiger partial charge in [0.15, 0.2) is 5.78 Å². The van der Waals surface area contributed by atoms with Gasteiger partial charge in [-0.3, -0.25) is 15.0 Å². The van der Waals surface area contributed by atoms with Gasteiger partial charge in [0.05, 0.1) is 30.7 Å². The van der Waals surface area contributed by atoms with Crippen LogP contribution in [0.4, 0.5) is 0 Å². The second-order valence-corrected chi connectivity index (χ2v) is 5.30. The standard InChI is InChI=1S/C18H17N3O4/c1-24-11-8-12-14(13(9-11)25-2)15(16(20-12)18(23)21-19)17(22)10-6-4-3-5-7-10/h3-9,20H,19H2,1-2H3,(H,21,23). The van der Waals surface area contributed by atoms with Crippen LogP contribution in [0.2, 0.25) is 0 Å². The number of hydrazine groups is 1. The number of nitrogens with one attached hydrogen (secondary N) is 2. The van der Waals surface area contributed by atoms with Crippen LogP contribution in [-0.4, -0.2) is 30.9 Å². The van der Waals surface area contributed by atoms with Crippen molar-refractivity contribution in [3.05, 3.63) is 59.3 Å². The summed E-state index contributed by atoms with van der Waals surface area (Å²) in [5.41, 5.74) is 3.31. The van der Waals surface area contributed by atoms with Gasteiger partial charge in [-0.05, 0) is 0 Å². The SMILES string of the molecule is COc1cc(OC)c2c(C(=O)c3ccccc3)c(C(=O)NN)[nH]c2c1. The summed E-state index contributed by atoms with van der Waals surface area (Å²) in [6.07, 6.45) is 0. The second-order valence-electron chi connectivity index (χ2n) is 5.30. The molecular weight excluding hydrogens is 322 g/mol. The van der Waals surface area contributed by atoms with Gasteiger partial charge < -0.3 is 14.5 Å². The molecule has 1 amide bonds. The lowest BCUT2D eigenvalue weighted by Gasteiger charge is -2.08. The lowest BCUT2D eigenvalue weighted by atomic mass is 9.99. The normalized spacial score (nSPS) is 10.5. The number of carbonyl (C=O) groups excluding carboxylic acids is 2. The van der Waals surface area contributed by atoms with Crippen molar-refractivity contribution in [3.63, 3.8) is 0 Å². The molecule has 0 atom stereocenters. The van der Waals surface area contributed by atoms with Gasteiger partial charge in [0.25, 0.3) is 5.91 Å². The molecular formula is C18H17N3O4. The Morgan fingerprint density at radius 3 is 2.40 bits per heavy atom. The molecule has 4 N–H and O–H groups in total. The summed E-state index contributed by atoms with van der Waals surface area (Å²) in [7, 11) is 3.01. The van der Waals surface area contributed by atoms with E-state index < -0.39 is 5.91 Å². The van der Waals surface area contributed by atoms with E-state index in [1.807, 2.05) is 6.07 Å². The minimum absolute atomic E-state index is 0.0675. The minimum atomic E-state index is -0.600. The molecule has 7 nitrogen and oxygen atoms in total. The van der Waals surface area contributed by atoms with Gasteiger partial charge in [-0.1, -0.05) is 30.3 Å². The first-order valence-corrected chi connectivity index (χ1v) is 7.49. The fourth-order valence-corrected chi connectivity index (χ4v) is 2.75. The average Bonchev–Trinajstić information content (AvgIpc) is 3.05. The van der Waals surface area contributed by atoms with Crippen LogP contribution in [0, 0.1) is 0 Å². The van der Waals surface area contributed by atoms with E-state index in [4.69, 9.17) is 15.3 Å². The number of carbonyl (C=O) groups is 2. The van der Waals surface area contributed by atoms with Gasteiger partial charge in [0.2, 0.25) is 0 Å². The van der Waals surface area contributed by atoms with Crippen molar-refractivity contribution in [2.75, 3.05) is 14.2 Å². The number of fused-ring (bicyclic) bond motifs is 1. The number of nitrogen functional groups attached to an aromatic ring is 1. The lowest BCUT2D eigenvalue weighted by molar-refractivity contribution is 0.0938. The first kappa shape index (κ1) is 16.5. The number of ether oxygens (including phenoxy) is 2. The van der Waals surface area contributed by atoms with Crippen molar-refractivity contribution in [1.82, 2.24) is 10.4 Å². The van der Waals surface area contributed by atoms with Crippen molar-refractivity contribution in [2.45, 2.75) is 0 Å². The third-order valence-corrected chi connectivity index (χ3v) is 3.91. The van der Waals surface area contributed by atoms with Crippen LogP contribution in [0.25, 0.3) is 10.9 Å². The molecule has 7 heteroatoms. The van der Waals surface area contributed by atoms with E-state index in [9.17, 15) is 9.59 Å². The number of benzene rings is 2. The number of methoxy groups -OCH3 is 2. The Bertz CT molecular complexity index is 948. The van der Waals surface area contributed by atoms with E-state index >= 15 is 0 Å². The van der Waals surface area contributed by atoms with Crippen LogP contribution >= 0.6 is 0 Å². The topological polar surface area (TPSA) is 106 Å². The molecule has 0 fully saturated rings. The predicted molar refractivity (Wildman–Crippen MR) is 92.9 cm³/mol. The summed E-state index contributed by atoms with van der Waals surface area (Å²) in [4.78, 5) is 28.2. The molecule has 25 heavy (non-hydrogen) atoms. The third kappa shape index (κ3) is 2.81. The summed E-state index contributed by atoms with van der Waals surface area (Å²) in [5, 5.41) is 0.496. The zero-order valence-corrected chi connectivity index (χ0v) is 13.8. The number of rotatable bonds is 5. The molecule has 2 aromatic carbocycles. The quantitative estimate of drug-likeness (QED) is 0.285. The fraction of sp³-hybridized carbons (Fsp3) is 0.111. The molecule has 3 rings (SSSR count).